The molecule has 160 valence electrons. The van der Waals surface area contributed by atoms with Crippen molar-refractivity contribution in [3.8, 4) is 0 Å². The van der Waals surface area contributed by atoms with Crippen LogP contribution in [0.1, 0.15) is 44.0 Å². The fourth-order valence-electron chi connectivity index (χ4n) is 3.46. The van der Waals surface area contributed by atoms with Gasteiger partial charge in [-0.15, -0.1) is 0 Å². The highest BCUT2D eigenvalue weighted by molar-refractivity contribution is 6.31. The number of hydrogen-bond donors (Lipinski definition) is 0. The molecule has 0 aliphatic heterocycles. The Bertz CT molecular complexity index is 925. The van der Waals surface area contributed by atoms with Gasteiger partial charge in [-0.3, -0.25) is 19.5 Å². The predicted molar refractivity (Wildman–Crippen MR) is 123 cm³/mol. The average molecular weight is 428 g/mol. The number of halogens is 1. The Kier molecular flexibility index (Phi) is 7.93. The molecular formula is C24H30ClN3O2. The molecule has 0 N–H and O–H groups in total. The van der Waals surface area contributed by atoms with Crippen LogP contribution in [0.25, 0.3) is 0 Å². The summed E-state index contributed by atoms with van der Waals surface area (Å²) in [5.74, 6) is -0.113. The lowest BCUT2D eigenvalue weighted by Gasteiger charge is -2.31. The maximum Gasteiger partial charge on any atom is 0.184 e. The third kappa shape index (κ3) is 5.35. The van der Waals surface area contributed by atoms with E-state index in [1.54, 1.807) is 31.5 Å². The van der Waals surface area contributed by atoms with Gasteiger partial charge in [0.15, 0.2) is 11.6 Å². The Morgan fingerprint density at radius 2 is 1.73 bits per heavy atom. The second kappa shape index (κ2) is 10.0. The first-order valence-electron chi connectivity index (χ1n) is 9.87. The Hall–Kier alpha value is -2.50. The van der Waals surface area contributed by atoms with Crippen molar-refractivity contribution in [2.75, 3.05) is 26.0 Å². The van der Waals surface area contributed by atoms with Crippen molar-refractivity contribution in [2.24, 2.45) is 5.92 Å². The van der Waals surface area contributed by atoms with E-state index in [-0.39, 0.29) is 17.5 Å². The normalized spacial score (nSPS) is 13.2. The third-order valence-electron chi connectivity index (χ3n) is 5.04. The van der Waals surface area contributed by atoms with Crippen LogP contribution in [0.4, 0.5) is 5.69 Å². The van der Waals surface area contributed by atoms with E-state index >= 15 is 0 Å². The van der Waals surface area contributed by atoms with Gasteiger partial charge in [-0.05, 0) is 56.4 Å². The molecule has 0 spiro atoms. The molecule has 0 bridgehead atoms. The van der Waals surface area contributed by atoms with Gasteiger partial charge in [-0.2, -0.15) is 0 Å². The Labute approximate surface area is 184 Å². The summed E-state index contributed by atoms with van der Waals surface area (Å²) in [5.41, 5.74) is 2.75. The molecule has 30 heavy (non-hydrogen) atoms. The van der Waals surface area contributed by atoms with E-state index in [0.717, 1.165) is 16.8 Å². The molecule has 0 aliphatic rings. The molecule has 1 aromatic heterocycles. The zero-order valence-electron chi connectivity index (χ0n) is 18.5. The molecule has 1 aromatic carbocycles. The molecule has 0 amide bonds. The number of carbonyl (C=O) groups excluding carboxylic acids is 2. The highest BCUT2D eigenvalue weighted by atomic mass is 35.5. The van der Waals surface area contributed by atoms with Gasteiger partial charge in [0.05, 0.1) is 6.04 Å². The molecule has 5 nitrogen and oxygen atoms in total. The SMILES string of the molecule is C=C(C)C(=O)C(c1cccnc1)N(C)c1cc(Cl)cc(C(C(=O)C(C)C)N(C)C)c1. The molecule has 1 heterocycles. The molecule has 0 fully saturated rings. The number of benzene rings is 1. The van der Waals surface area contributed by atoms with Gasteiger partial charge in [0.2, 0.25) is 0 Å². The van der Waals surface area contributed by atoms with Crippen molar-refractivity contribution in [3.05, 3.63) is 71.0 Å². The number of anilines is 1. The van der Waals surface area contributed by atoms with Crippen molar-refractivity contribution in [3.63, 3.8) is 0 Å². The van der Waals surface area contributed by atoms with Crippen molar-refractivity contribution < 1.29 is 9.59 Å². The Morgan fingerprint density at radius 1 is 1.07 bits per heavy atom. The fraction of sp³-hybridized carbons (Fsp3) is 0.375. The minimum absolute atomic E-state index is 0.102. The smallest absolute Gasteiger partial charge is 0.184 e. The number of hydrogen-bond acceptors (Lipinski definition) is 5. The van der Waals surface area contributed by atoms with Crippen LogP contribution in [-0.4, -0.2) is 42.6 Å². The van der Waals surface area contributed by atoms with Crippen LogP contribution >= 0.6 is 11.6 Å². The van der Waals surface area contributed by atoms with Crippen LogP contribution in [0.2, 0.25) is 5.02 Å². The van der Waals surface area contributed by atoms with Gasteiger partial charge in [-0.1, -0.05) is 38.1 Å². The monoisotopic (exact) mass is 427 g/mol. The van der Waals surface area contributed by atoms with E-state index in [2.05, 4.69) is 11.6 Å². The van der Waals surface area contributed by atoms with E-state index in [1.165, 1.54) is 0 Å². The lowest BCUT2D eigenvalue weighted by molar-refractivity contribution is -0.126. The standard InChI is InChI=1S/C24H30ClN3O2/c1-15(2)23(29)21(27(5)6)18-11-19(25)13-20(12-18)28(7)22(24(30)16(3)4)17-9-8-10-26-14-17/h8-15,21-22H,3H2,1-2,4-7H3. The third-order valence-corrected chi connectivity index (χ3v) is 5.26. The molecule has 6 heteroatoms. The summed E-state index contributed by atoms with van der Waals surface area (Å²) in [7, 11) is 5.58. The Morgan fingerprint density at radius 3 is 2.23 bits per heavy atom. The maximum absolute atomic E-state index is 13.0. The summed E-state index contributed by atoms with van der Waals surface area (Å²) in [4.78, 5) is 33.8. The van der Waals surface area contributed by atoms with Crippen molar-refractivity contribution in [1.29, 1.82) is 0 Å². The van der Waals surface area contributed by atoms with Crippen molar-refractivity contribution in [2.45, 2.75) is 32.9 Å². The summed E-state index contributed by atoms with van der Waals surface area (Å²) < 4.78 is 0. The topological polar surface area (TPSA) is 53.5 Å². The summed E-state index contributed by atoms with van der Waals surface area (Å²) in [6.07, 6.45) is 3.35. The van der Waals surface area contributed by atoms with Crippen LogP contribution in [0.5, 0.6) is 0 Å². The highest BCUT2D eigenvalue weighted by Crippen LogP contribution is 2.34. The number of rotatable bonds is 9. The Balaban J connectivity index is 2.57. The minimum Gasteiger partial charge on any atom is -0.360 e. The summed E-state index contributed by atoms with van der Waals surface area (Å²) in [5, 5.41) is 0.505. The number of nitrogens with zero attached hydrogens (tertiary/aromatic N) is 3. The zero-order chi connectivity index (χ0) is 22.6. The first kappa shape index (κ1) is 23.8. The van der Waals surface area contributed by atoms with E-state index < -0.39 is 12.1 Å². The molecule has 0 saturated carbocycles. The number of Topliss-reactive ketones (excluding diaryl/α,β-unsaturated/α-hetero) is 2. The summed E-state index contributed by atoms with van der Waals surface area (Å²) >= 11 is 6.45. The summed E-state index contributed by atoms with van der Waals surface area (Å²) in [6, 6.07) is 8.17. The van der Waals surface area contributed by atoms with Crippen LogP contribution in [0.15, 0.2) is 54.9 Å². The van der Waals surface area contributed by atoms with E-state index in [1.807, 2.05) is 63.0 Å². The first-order valence-corrected chi connectivity index (χ1v) is 10.3. The second-order valence-electron chi connectivity index (χ2n) is 8.11. The molecule has 2 aromatic rings. The number of pyridine rings is 1. The molecule has 0 radical (unpaired) electrons. The van der Waals surface area contributed by atoms with Crippen LogP contribution in [0, 0.1) is 5.92 Å². The molecule has 2 unspecified atom stereocenters. The maximum atomic E-state index is 13.0. The van der Waals surface area contributed by atoms with Gasteiger partial charge < -0.3 is 4.90 Å². The molecular weight excluding hydrogens is 398 g/mol. The van der Waals surface area contributed by atoms with Gasteiger partial charge >= 0.3 is 0 Å². The van der Waals surface area contributed by atoms with Gasteiger partial charge in [-0.25, -0.2) is 0 Å². The van der Waals surface area contributed by atoms with Gasteiger partial charge in [0.25, 0.3) is 0 Å². The lowest BCUT2D eigenvalue weighted by atomic mass is 9.93. The van der Waals surface area contributed by atoms with Crippen LogP contribution in [0.3, 0.4) is 0 Å². The number of likely N-dealkylation sites (N-methyl/N-ethyl adjacent to an activating group) is 2. The average Bonchev–Trinajstić information content (AvgIpc) is 2.68. The van der Waals surface area contributed by atoms with E-state index in [9.17, 15) is 9.59 Å². The van der Waals surface area contributed by atoms with Crippen molar-refractivity contribution >= 4 is 28.9 Å². The highest BCUT2D eigenvalue weighted by Gasteiger charge is 2.29. The second-order valence-corrected chi connectivity index (χ2v) is 8.55. The fourth-order valence-corrected chi connectivity index (χ4v) is 3.70. The first-order chi connectivity index (χ1) is 14.0. The largest absolute Gasteiger partial charge is 0.360 e. The summed E-state index contributed by atoms with van der Waals surface area (Å²) in [6.45, 7) is 9.31. The number of ketones is 2. The van der Waals surface area contributed by atoms with E-state index in [0.29, 0.717) is 10.6 Å². The molecule has 0 saturated heterocycles. The zero-order valence-corrected chi connectivity index (χ0v) is 19.3. The predicted octanol–water partition coefficient (Wildman–Crippen LogP) is 4.89. The number of carbonyl (C=O) groups is 2. The minimum atomic E-state index is -0.596. The molecule has 2 atom stereocenters. The lowest BCUT2D eigenvalue weighted by Crippen LogP contribution is -2.33. The van der Waals surface area contributed by atoms with E-state index in [4.69, 9.17) is 11.6 Å². The molecule has 2 rings (SSSR count). The quantitative estimate of drug-likeness (QED) is 0.533. The number of aromatic nitrogens is 1. The van der Waals surface area contributed by atoms with Crippen molar-refractivity contribution in [1.82, 2.24) is 9.88 Å². The molecule has 0 aliphatic carbocycles. The van der Waals surface area contributed by atoms with Crippen LogP contribution < -0.4 is 4.90 Å². The van der Waals surface area contributed by atoms with Gasteiger partial charge in [0.1, 0.15) is 6.04 Å². The van der Waals surface area contributed by atoms with Gasteiger partial charge in [0, 0.05) is 41.6 Å². The van der Waals surface area contributed by atoms with Crippen LogP contribution in [-0.2, 0) is 9.59 Å².